The number of carbonyl (C=O) groups excluding carboxylic acids is 1. The summed E-state index contributed by atoms with van der Waals surface area (Å²) in [4.78, 5) is 24.3. The predicted octanol–water partition coefficient (Wildman–Crippen LogP) is 7.74. The molecule has 9 heteroatoms. The molecule has 226 valence electrons. The van der Waals surface area contributed by atoms with Crippen molar-refractivity contribution in [3.05, 3.63) is 59.7 Å². The van der Waals surface area contributed by atoms with Gasteiger partial charge < -0.3 is 15.4 Å². The van der Waals surface area contributed by atoms with E-state index in [1.807, 2.05) is 18.2 Å². The monoisotopic (exact) mass is 603 g/mol. The third kappa shape index (κ3) is 6.50. The van der Waals surface area contributed by atoms with Crippen LogP contribution in [-0.4, -0.2) is 47.0 Å². The van der Waals surface area contributed by atoms with E-state index in [2.05, 4.69) is 25.5 Å². The first kappa shape index (κ1) is 28.5. The number of rotatable bonds is 10. The minimum absolute atomic E-state index is 0.0191. The number of hydrogen-bond acceptors (Lipinski definition) is 6. The van der Waals surface area contributed by atoms with Crippen LogP contribution in [0.5, 0.6) is 5.75 Å². The Bertz CT molecular complexity index is 1520. The smallest absolute Gasteiger partial charge is 0.248 e. The van der Waals surface area contributed by atoms with Gasteiger partial charge in [0.2, 0.25) is 5.91 Å². The molecule has 1 saturated heterocycles. The molecule has 4 fully saturated rings. The highest BCUT2D eigenvalue weighted by atomic mass is 35.5. The lowest BCUT2D eigenvalue weighted by atomic mass is 9.55. The zero-order valence-corrected chi connectivity index (χ0v) is 25.2. The highest BCUT2D eigenvalue weighted by Gasteiger charge is 2.45. The van der Waals surface area contributed by atoms with Gasteiger partial charge in [-0.3, -0.25) is 9.69 Å². The van der Waals surface area contributed by atoms with E-state index in [1.165, 1.54) is 69.8 Å². The molecule has 1 aliphatic heterocycles. The second-order valence-electron chi connectivity index (χ2n) is 13.2. The molecule has 1 aromatic heterocycles. The number of aromatic nitrogens is 2. The molecule has 7 rings (SSSR count). The van der Waals surface area contributed by atoms with E-state index in [0.717, 1.165) is 37.9 Å². The Balaban J connectivity index is 1.07. The number of carbonyl (C=O) groups is 1. The summed E-state index contributed by atoms with van der Waals surface area (Å²) in [5, 5.41) is 6.97. The van der Waals surface area contributed by atoms with E-state index in [1.54, 1.807) is 12.1 Å². The standard InChI is InChI=1S/C34H39ClFN5O2/c35-27-14-25(6-7-28(27)36)39-33-26-15-30(40-32(42)5-4-11-41-19-23-13-24(23)20-41)31(16-29(26)37-21-38-33)43-12-8-22-17-34(18-22)9-2-1-3-10-34/h4-7,14-16,21-24H,1-3,8-13,17-20H2,(H,40,42)(H,37,38,39)/b5-4+. The van der Waals surface area contributed by atoms with Gasteiger partial charge in [0.25, 0.3) is 0 Å². The fraction of sp³-hybridized carbons (Fsp3) is 0.500. The summed E-state index contributed by atoms with van der Waals surface area (Å²) in [6.45, 7) is 3.64. The quantitative estimate of drug-likeness (QED) is 0.231. The molecule has 3 saturated carbocycles. The second-order valence-corrected chi connectivity index (χ2v) is 13.6. The maximum absolute atomic E-state index is 13.7. The predicted molar refractivity (Wildman–Crippen MR) is 168 cm³/mol. The first-order valence-corrected chi connectivity index (χ1v) is 16.1. The lowest BCUT2D eigenvalue weighted by Gasteiger charge is -2.50. The molecule has 1 spiro atoms. The first-order chi connectivity index (χ1) is 20.9. The van der Waals surface area contributed by atoms with Crippen LogP contribution in [0.1, 0.15) is 57.8 Å². The molecule has 2 heterocycles. The van der Waals surface area contributed by atoms with Crippen molar-refractivity contribution in [2.75, 3.05) is 36.9 Å². The second kappa shape index (κ2) is 12.0. The van der Waals surface area contributed by atoms with Gasteiger partial charge in [0.05, 0.1) is 22.8 Å². The van der Waals surface area contributed by atoms with Gasteiger partial charge in [0.15, 0.2) is 0 Å². The Hall–Kier alpha value is -3.23. The van der Waals surface area contributed by atoms with Crippen molar-refractivity contribution in [2.24, 2.45) is 23.2 Å². The Kier molecular flexibility index (Phi) is 7.99. The fourth-order valence-corrected chi connectivity index (χ4v) is 7.83. The number of benzene rings is 2. The molecule has 2 unspecified atom stereocenters. The largest absolute Gasteiger partial charge is 0.491 e. The van der Waals surface area contributed by atoms with Gasteiger partial charge in [-0.25, -0.2) is 14.4 Å². The number of likely N-dealkylation sites (tertiary alicyclic amines) is 1. The third-order valence-corrected chi connectivity index (χ3v) is 10.3. The number of piperidine rings is 1. The molecule has 2 atom stereocenters. The molecule has 4 aliphatic rings. The number of anilines is 3. The summed E-state index contributed by atoms with van der Waals surface area (Å²) in [6.07, 6.45) is 16.9. The number of ether oxygens (including phenoxy) is 1. The van der Waals surface area contributed by atoms with E-state index < -0.39 is 5.82 Å². The van der Waals surface area contributed by atoms with E-state index in [0.29, 0.717) is 51.8 Å². The van der Waals surface area contributed by atoms with Crippen LogP contribution in [-0.2, 0) is 4.79 Å². The zero-order valence-electron chi connectivity index (χ0n) is 24.5. The molecule has 1 amide bonds. The summed E-state index contributed by atoms with van der Waals surface area (Å²) < 4.78 is 20.1. The van der Waals surface area contributed by atoms with Gasteiger partial charge in [-0.2, -0.15) is 0 Å². The molecule has 2 aromatic carbocycles. The van der Waals surface area contributed by atoms with Crippen LogP contribution in [0.4, 0.5) is 21.6 Å². The molecule has 0 bridgehead atoms. The molecular formula is C34H39ClFN5O2. The lowest BCUT2D eigenvalue weighted by Crippen LogP contribution is -2.39. The average Bonchev–Trinajstić information content (AvgIpc) is 3.60. The average molecular weight is 604 g/mol. The van der Waals surface area contributed by atoms with Crippen LogP contribution >= 0.6 is 11.6 Å². The number of amides is 1. The van der Waals surface area contributed by atoms with Crippen LogP contribution in [0.25, 0.3) is 10.9 Å². The Morgan fingerprint density at radius 1 is 1.12 bits per heavy atom. The number of fused-ring (bicyclic) bond motifs is 2. The number of nitrogens with one attached hydrogen (secondary N) is 2. The topological polar surface area (TPSA) is 79.4 Å². The van der Waals surface area contributed by atoms with Crippen molar-refractivity contribution in [3.63, 3.8) is 0 Å². The van der Waals surface area contributed by atoms with Gasteiger partial charge in [0.1, 0.15) is 23.7 Å². The van der Waals surface area contributed by atoms with Crippen LogP contribution in [0.15, 0.2) is 48.8 Å². The normalized spacial score (nSPS) is 22.9. The minimum atomic E-state index is -0.489. The summed E-state index contributed by atoms with van der Waals surface area (Å²) >= 11 is 6.00. The maximum atomic E-state index is 13.7. The highest BCUT2D eigenvalue weighted by Crippen LogP contribution is 2.55. The molecular weight excluding hydrogens is 565 g/mol. The molecule has 3 aromatic rings. The summed E-state index contributed by atoms with van der Waals surface area (Å²) in [7, 11) is 0. The van der Waals surface area contributed by atoms with Crippen molar-refractivity contribution in [3.8, 4) is 5.75 Å². The van der Waals surface area contributed by atoms with Gasteiger partial charge >= 0.3 is 0 Å². The fourth-order valence-electron chi connectivity index (χ4n) is 7.65. The molecule has 2 N–H and O–H groups in total. The maximum Gasteiger partial charge on any atom is 0.248 e. The Morgan fingerprint density at radius 2 is 1.93 bits per heavy atom. The van der Waals surface area contributed by atoms with Crippen molar-refractivity contribution >= 4 is 45.6 Å². The van der Waals surface area contributed by atoms with Gasteiger partial charge in [-0.05, 0) is 86.0 Å². The SMILES string of the molecule is O=C(/C=C/CN1CC2CC2C1)Nc1cc2c(Nc3ccc(F)c(Cl)c3)ncnc2cc1OCCC1CC2(CCCCC2)C1. The number of halogens is 2. The molecule has 3 aliphatic carbocycles. The molecule has 7 nitrogen and oxygen atoms in total. The summed E-state index contributed by atoms with van der Waals surface area (Å²) in [5.41, 5.74) is 2.43. The van der Waals surface area contributed by atoms with Gasteiger partial charge in [-0.15, -0.1) is 0 Å². The van der Waals surface area contributed by atoms with Crippen molar-refractivity contribution in [1.29, 1.82) is 0 Å². The van der Waals surface area contributed by atoms with Gasteiger partial charge in [0, 0.05) is 42.9 Å². The Morgan fingerprint density at radius 3 is 2.72 bits per heavy atom. The molecule has 0 radical (unpaired) electrons. The van der Waals surface area contributed by atoms with E-state index in [-0.39, 0.29) is 10.9 Å². The lowest BCUT2D eigenvalue weighted by molar-refractivity contribution is -0.111. The van der Waals surface area contributed by atoms with Crippen LogP contribution in [0.2, 0.25) is 5.02 Å². The summed E-state index contributed by atoms with van der Waals surface area (Å²) in [5.74, 6) is 2.85. The van der Waals surface area contributed by atoms with Crippen LogP contribution < -0.4 is 15.4 Å². The number of hydrogen-bond donors (Lipinski definition) is 2. The van der Waals surface area contributed by atoms with Crippen molar-refractivity contribution in [1.82, 2.24) is 14.9 Å². The van der Waals surface area contributed by atoms with Crippen molar-refractivity contribution in [2.45, 2.75) is 57.8 Å². The third-order valence-electron chi connectivity index (χ3n) is 10.0. The Labute approximate surface area is 257 Å². The zero-order chi connectivity index (χ0) is 29.4. The van der Waals surface area contributed by atoms with Crippen molar-refractivity contribution < 1.29 is 13.9 Å². The van der Waals surface area contributed by atoms with Crippen LogP contribution in [0.3, 0.4) is 0 Å². The summed E-state index contributed by atoms with van der Waals surface area (Å²) in [6, 6.07) is 8.12. The first-order valence-electron chi connectivity index (χ1n) is 15.8. The van der Waals surface area contributed by atoms with E-state index in [4.69, 9.17) is 16.3 Å². The van der Waals surface area contributed by atoms with Gasteiger partial charge in [-0.1, -0.05) is 36.9 Å². The van der Waals surface area contributed by atoms with Crippen LogP contribution in [0, 0.1) is 29.0 Å². The van der Waals surface area contributed by atoms with E-state index >= 15 is 0 Å². The highest BCUT2D eigenvalue weighted by molar-refractivity contribution is 6.31. The number of nitrogens with zero attached hydrogens (tertiary/aromatic N) is 3. The minimum Gasteiger partial charge on any atom is -0.491 e. The molecule has 43 heavy (non-hydrogen) atoms. The van der Waals surface area contributed by atoms with E-state index in [9.17, 15) is 9.18 Å².